The first kappa shape index (κ1) is 16.1. The van der Waals surface area contributed by atoms with Crippen LogP contribution < -0.4 is 10.2 Å². The molecule has 0 aliphatic rings. The maximum Gasteiger partial charge on any atom is 0.327 e. The number of rotatable bonds is 4. The number of aromatic nitrogens is 2. The Morgan fingerprint density at radius 1 is 1.25 bits per heavy atom. The number of nitrogens with zero attached hydrogens (tertiary/aromatic N) is 3. The van der Waals surface area contributed by atoms with Crippen LogP contribution in [0.15, 0.2) is 53.1 Å². The van der Waals surface area contributed by atoms with E-state index in [0.29, 0.717) is 28.8 Å². The Hall–Kier alpha value is -2.73. The van der Waals surface area contributed by atoms with Crippen LogP contribution in [-0.2, 0) is 13.6 Å². The number of urea groups is 1. The van der Waals surface area contributed by atoms with Gasteiger partial charge in [-0.25, -0.2) is 4.79 Å². The molecule has 124 valence electrons. The number of anilines is 2. The van der Waals surface area contributed by atoms with Crippen molar-refractivity contribution in [2.45, 2.75) is 13.5 Å². The first-order chi connectivity index (χ1) is 11.5. The van der Waals surface area contributed by atoms with Gasteiger partial charge in [0, 0.05) is 23.8 Å². The third-order valence-electron chi connectivity index (χ3n) is 3.52. The van der Waals surface area contributed by atoms with Crippen LogP contribution in [0.1, 0.15) is 11.5 Å². The Balaban J connectivity index is 1.84. The molecule has 24 heavy (non-hydrogen) atoms. The van der Waals surface area contributed by atoms with Gasteiger partial charge in [0.25, 0.3) is 0 Å². The van der Waals surface area contributed by atoms with Gasteiger partial charge in [-0.3, -0.25) is 9.58 Å². The molecule has 0 radical (unpaired) electrons. The summed E-state index contributed by atoms with van der Waals surface area (Å²) in [7, 11) is 1.78. The average molecular weight is 345 g/mol. The zero-order valence-corrected chi connectivity index (χ0v) is 14.1. The van der Waals surface area contributed by atoms with Gasteiger partial charge in [-0.05, 0) is 43.3 Å². The monoisotopic (exact) mass is 344 g/mol. The Labute approximate surface area is 144 Å². The van der Waals surface area contributed by atoms with Crippen LogP contribution >= 0.6 is 11.6 Å². The lowest BCUT2D eigenvalue weighted by Gasteiger charge is -2.22. The van der Waals surface area contributed by atoms with Gasteiger partial charge >= 0.3 is 6.03 Å². The van der Waals surface area contributed by atoms with E-state index in [2.05, 4.69) is 10.4 Å². The zero-order chi connectivity index (χ0) is 17.1. The molecule has 0 saturated heterocycles. The van der Waals surface area contributed by atoms with E-state index in [4.69, 9.17) is 16.0 Å². The fraction of sp³-hybridized carbons (Fsp3) is 0.176. The van der Waals surface area contributed by atoms with E-state index in [1.54, 1.807) is 53.2 Å². The number of amides is 2. The molecule has 2 amide bonds. The summed E-state index contributed by atoms with van der Waals surface area (Å²) in [6, 6.07) is 12.2. The normalized spacial score (nSPS) is 10.6. The summed E-state index contributed by atoms with van der Waals surface area (Å²) in [6.45, 7) is 2.17. The summed E-state index contributed by atoms with van der Waals surface area (Å²) in [5, 5.41) is 7.60. The fourth-order valence-corrected chi connectivity index (χ4v) is 2.46. The number of hydrogen-bond donors (Lipinski definition) is 1. The highest BCUT2D eigenvalue weighted by molar-refractivity contribution is 6.30. The zero-order valence-electron chi connectivity index (χ0n) is 13.4. The number of hydrogen-bond acceptors (Lipinski definition) is 3. The number of halogens is 1. The molecule has 3 rings (SSSR count). The second kappa shape index (κ2) is 6.80. The van der Waals surface area contributed by atoms with E-state index in [1.165, 1.54) is 0 Å². The lowest BCUT2D eigenvalue weighted by Crippen LogP contribution is -2.35. The Kier molecular flexibility index (Phi) is 4.57. The molecule has 0 aliphatic carbocycles. The van der Waals surface area contributed by atoms with Gasteiger partial charge in [0.05, 0.1) is 12.7 Å². The third-order valence-corrected chi connectivity index (χ3v) is 3.77. The standard InChI is InChI=1S/C17H17ClN4O2/c1-12-3-8-15(24-12)11-22(16-9-10-19-21(16)2)17(23)20-14-6-4-13(18)5-7-14/h3-10H,11H2,1-2H3,(H,20,23). The Bertz CT molecular complexity index is 838. The van der Waals surface area contributed by atoms with Crippen LogP contribution in [0.3, 0.4) is 0 Å². The summed E-state index contributed by atoms with van der Waals surface area (Å²) in [5.74, 6) is 2.16. The molecule has 3 aromatic rings. The highest BCUT2D eigenvalue weighted by atomic mass is 35.5. The number of furan rings is 1. The topological polar surface area (TPSA) is 63.3 Å². The Morgan fingerprint density at radius 3 is 2.58 bits per heavy atom. The minimum absolute atomic E-state index is 0.282. The van der Waals surface area contributed by atoms with Gasteiger partial charge in [0.15, 0.2) is 0 Å². The maximum atomic E-state index is 12.8. The van der Waals surface area contributed by atoms with Crippen LogP contribution in [0.2, 0.25) is 5.02 Å². The average Bonchev–Trinajstić information content (AvgIpc) is 3.15. The largest absolute Gasteiger partial charge is 0.464 e. The van der Waals surface area contributed by atoms with Crippen molar-refractivity contribution < 1.29 is 9.21 Å². The molecule has 1 aromatic carbocycles. The molecular weight excluding hydrogens is 328 g/mol. The van der Waals surface area contributed by atoms with Crippen molar-refractivity contribution >= 4 is 29.1 Å². The first-order valence-electron chi connectivity index (χ1n) is 7.40. The molecule has 2 aromatic heterocycles. The smallest absolute Gasteiger partial charge is 0.327 e. The number of carbonyl (C=O) groups excluding carboxylic acids is 1. The third kappa shape index (κ3) is 3.60. The maximum absolute atomic E-state index is 12.8. The minimum Gasteiger partial charge on any atom is -0.464 e. The van der Waals surface area contributed by atoms with E-state index in [-0.39, 0.29) is 6.03 Å². The van der Waals surface area contributed by atoms with E-state index < -0.39 is 0 Å². The van der Waals surface area contributed by atoms with Crippen molar-refractivity contribution in [3.63, 3.8) is 0 Å². The predicted molar refractivity (Wildman–Crippen MR) is 93.3 cm³/mol. The number of nitrogens with one attached hydrogen (secondary N) is 1. The number of carbonyl (C=O) groups is 1. The van der Waals surface area contributed by atoms with Crippen LogP contribution in [0.5, 0.6) is 0 Å². The Morgan fingerprint density at radius 2 is 2.00 bits per heavy atom. The molecule has 0 bridgehead atoms. The molecule has 0 aliphatic heterocycles. The van der Waals surface area contributed by atoms with Crippen molar-refractivity contribution in [2.75, 3.05) is 10.2 Å². The molecule has 0 saturated carbocycles. The lowest BCUT2D eigenvalue weighted by molar-refractivity contribution is 0.255. The molecule has 1 N–H and O–H groups in total. The summed E-state index contributed by atoms with van der Waals surface area (Å²) in [5.41, 5.74) is 0.659. The number of aryl methyl sites for hydroxylation is 2. The van der Waals surface area contributed by atoms with Gasteiger partial charge in [-0.1, -0.05) is 11.6 Å². The number of benzene rings is 1. The van der Waals surface area contributed by atoms with Crippen molar-refractivity contribution in [2.24, 2.45) is 7.05 Å². The lowest BCUT2D eigenvalue weighted by atomic mass is 10.3. The molecule has 2 heterocycles. The van der Waals surface area contributed by atoms with E-state index >= 15 is 0 Å². The summed E-state index contributed by atoms with van der Waals surface area (Å²) < 4.78 is 7.24. The fourth-order valence-electron chi connectivity index (χ4n) is 2.34. The van der Waals surface area contributed by atoms with Crippen molar-refractivity contribution in [1.29, 1.82) is 0 Å². The molecule has 0 fully saturated rings. The second-order valence-corrected chi connectivity index (χ2v) is 5.78. The van der Waals surface area contributed by atoms with Crippen LogP contribution in [0, 0.1) is 6.92 Å². The molecule has 6 nitrogen and oxygen atoms in total. The van der Waals surface area contributed by atoms with Gasteiger partial charge in [0.2, 0.25) is 0 Å². The molecular formula is C17H17ClN4O2. The molecule has 7 heteroatoms. The highest BCUT2D eigenvalue weighted by Crippen LogP contribution is 2.20. The van der Waals surface area contributed by atoms with E-state index in [9.17, 15) is 4.79 Å². The van der Waals surface area contributed by atoms with Gasteiger partial charge in [0.1, 0.15) is 17.3 Å². The van der Waals surface area contributed by atoms with Gasteiger partial charge in [-0.15, -0.1) is 0 Å². The van der Waals surface area contributed by atoms with E-state index in [0.717, 1.165) is 5.76 Å². The van der Waals surface area contributed by atoms with Crippen LogP contribution in [-0.4, -0.2) is 15.8 Å². The highest BCUT2D eigenvalue weighted by Gasteiger charge is 2.20. The van der Waals surface area contributed by atoms with E-state index in [1.807, 2.05) is 19.1 Å². The quantitative estimate of drug-likeness (QED) is 0.771. The van der Waals surface area contributed by atoms with Crippen molar-refractivity contribution in [1.82, 2.24) is 9.78 Å². The van der Waals surface area contributed by atoms with Crippen LogP contribution in [0.25, 0.3) is 0 Å². The second-order valence-electron chi connectivity index (χ2n) is 5.35. The van der Waals surface area contributed by atoms with Gasteiger partial charge in [-0.2, -0.15) is 5.10 Å². The minimum atomic E-state index is -0.282. The summed E-state index contributed by atoms with van der Waals surface area (Å²) in [6.07, 6.45) is 1.64. The molecule has 0 atom stereocenters. The SMILES string of the molecule is Cc1ccc(CN(C(=O)Nc2ccc(Cl)cc2)c2ccnn2C)o1. The van der Waals surface area contributed by atoms with Gasteiger partial charge < -0.3 is 9.73 Å². The van der Waals surface area contributed by atoms with Crippen LogP contribution in [0.4, 0.5) is 16.3 Å². The molecule has 0 spiro atoms. The molecule has 0 unspecified atom stereocenters. The van der Waals surface area contributed by atoms with Crippen molar-refractivity contribution in [3.8, 4) is 0 Å². The van der Waals surface area contributed by atoms with Crippen molar-refractivity contribution in [3.05, 3.63) is 65.2 Å². The summed E-state index contributed by atoms with van der Waals surface area (Å²) >= 11 is 5.88. The summed E-state index contributed by atoms with van der Waals surface area (Å²) in [4.78, 5) is 14.3. The first-order valence-corrected chi connectivity index (χ1v) is 7.78. The predicted octanol–water partition coefficient (Wildman–Crippen LogP) is 4.21.